The molecule has 5 heteroatoms. The van der Waals surface area contributed by atoms with Crippen LogP contribution in [0.3, 0.4) is 0 Å². The Morgan fingerprint density at radius 2 is 2.11 bits per heavy atom. The Morgan fingerprint density at radius 1 is 1.32 bits per heavy atom. The van der Waals surface area contributed by atoms with E-state index >= 15 is 0 Å². The molecule has 0 aliphatic rings. The monoisotopic (exact) mass is 277 g/mol. The normalized spacial score (nSPS) is 11.2. The number of nitrogens with zero attached hydrogens (tertiary/aromatic N) is 2. The van der Waals surface area contributed by atoms with Gasteiger partial charge in [0.05, 0.1) is 0 Å². The molecular formula is C14H19N3OS. The van der Waals surface area contributed by atoms with Crippen molar-refractivity contribution in [1.29, 1.82) is 0 Å². The molecular weight excluding hydrogens is 258 g/mol. The molecule has 1 heterocycles. The molecule has 0 saturated heterocycles. The summed E-state index contributed by atoms with van der Waals surface area (Å²) in [6.07, 6.45) is 0.883. The number of hydrogen-bond acceptors (Lipinski definition) is 5. The van der Waals surface area contributed by atoms with Gasteiger partial charge in [-0.25, -0.2) is 0 Å². The highest BCUT2D eigenvalue weighted by atomic mass is 32.1. The van der Waals surface area contributed by atoms with Crippen LogP contribution in [0.25, 0.3) is 10.6 Å². The number of phenols is 1. The van der Waals surface area contributed by atoms with E-state index in [9.17, 15) is 5.11 Å². The number of aromatic hydroxyl groups is 1. The molecule has 2 aromatic rings. The third-order valence-electron chi connectivity index (χ3n) is 2.89. The van der Waals surface area contributed by atoms with E-state index < -0.39 is 0 Å². The second-order valence-electron chi connectivity index (χ2n) is 4.81. The summed E-state index contributed by atoms with van der Waals surface area (Å²) in [6, 6.07) is 5.97. The van der Waals surface area contributed by atoms with Gasteiger partial charge in [0, 0.05) is 30.1 Å². The van der Waals surface area contributed by atoms with Gasteiger partial charge in [-0.15, -0.1) is 10.2 Å². The Bertz CT molecular complexity index is 551. The Labute approximate surface area is 117 Å². The molecule has 19 heavy (non-hydrogen) atoms. The molecule has 0 unspecified atom stereocenters. The second kappa shape index (κ2) is 6.12. The lowest BCUT2D eigenvalue weighted by Gasteiger charge is -2.05. The molecule has 0 spiro atoms. The molecule has 0 amide bonds. The maximum Gasteiger partial charge on any atom is 0.148 e. The molecule has 0 fully saturated rings. The summed E-state index contributed by atoms with van der Waals surface area (Å²) >= 11 is 1.59. The Morgan fingerprint density at radius 3 is 2.84 bits per heavy atom. The summed E-state index contributed by atoms with van der Waals surface area (Å²) < 4.78 is 0. The number of rotatable bonds is 5. The van der Waals surface area contributed by atoms with Crippen molar-refractivity contribution in [2.24, 2.45) is 0 Å². The molecule has 1 aromatic heterocycles. The van der Waals surface area contributed by atoms with Crippen LogP contribution in [-0.4, -0.2) is 27.9 Å². The van der Waals surface area contributed by atoms with Crippen molar-refractivity contribution in [3.63, 3.8) is 0 Å². The van der Waals surface area contributed by atoms with Gasteiger partial charge >= 0.3 is 0 Å². The van der Waals surface area contributed by atoms with E-state index in [-0.39, 0.29) is 0 Å². The lowest BCUT2D eigenvalue weighted by Crippen LogP contribution is -2.24. The van der Waals surface area contributed by atoms with Crippen LogP contribution in [0.2, 0.25) is 0 Å². The lowest BCUT2D eigenvalue weighted by atomic mass is 10.1. The molecule has 102 valence electrons. The largest absolute Gasteiger partial charge is 0.508 e. The lowest BCUT2D eigenvalue weighted by molar-refractivity contribution is 0.471. The predicted molar refractivity (Wildman–Crippen MR) is 78.6 cm³/mol. The SMILES string of the molecule is Cc1c(O)cccc1-c1nnc(CCNC(C)C)s1. The van der Waals surface area contributed by atoms with Crippen molar-refractivity contribution in [3.8, 4) is 16.3 Å². The van der Waals surface area contributed by atoms with Crippen LogP contribution < -0.4 is 5.32 Å². The van der Waals surface area contributed by atoms with Gasteiger partial charge in [-0.05, 0) is 13.0 Å². The average molecular weight is 277 g/mol. The van der Waals surface area contributed by atoms with E-state index in [1.54, 1.807) is 17.4 Å². The summed E-state index contributed by atoms with van der Waals surface area (Å²) in [5, 5.41) is 23.4. The Hall–Kier alpha value is -1.46. The third-order valence-corrected chi connectivity index (χ3v) is 3.91. The minimum absolute atomic E-state index is 0.302. The highest BCUT2D eigenvalue weighted by molar-refractivity contribution is 7.14. The third kappa shape index (κ3) is 3.52. The van der Waals surface area contributed by atoms with Crippen molar-refractivity contribution in [3.05, 3.63) is 28.8 Å². The first kappa shape index (κ1) is 14.0. The van der Waals surface area contributed by atoms with Crippen LogP contribution in [-0.2, 0) is 6.42 Å². The van der Waals surface area contributed by atoms with Crippen molar-refractivity contribution < 1.29 is 5.11 Å². The fourth-order valence-electron chi connectivity index (χ4n) is 1.79. The fourth-order valence-corrected chi connectivity index (χ4v) is 2.71. The first-order valence-electron chi connectivity index (χ1n) is 6.42. The van der Waals surface area contributed by atoms with Crippen molar-refractivity contribution in [2.45, 2.75) is 33.2 Å². The quantitative estimate of drug-likeness (QED) is 0.882. The molecule has 0 aliphatic heterocycles. The van der Waals surface area contributed by atoms with Gasteiger partial charge in [-0.3, -0.25) is 0 Å². The van der Waals surface area contributed by atoms with Gasteiger partial charge < -0.3 is 10.4 Å². The number of aromatic nitrogens is 2. The van der Waals surface area contributed by atoms with Crippen LogP contribution in [0.5, 0.6) is 5.75 Å². The topological polar surface area (TPSA) is 58.0 Å². The first-order chi connectivity index (χ1) is 9.08. The van der Waals surface area contributed by atoms with E-state index in [4.69, 9.17) is 0 Å². The van der Waals surface area contributed by atoms with Crippen LogP contribution >= 0.6 is 11.3 Å². The molecule has 2 rings (SSSR count). The zero-order chi connectivity index (χ0) is 13.8. The van der Waals surface area contributed by atoms with E-state index in [2.05, 4.69) is 29.4 Å². The predicted octanol–water partition coefficient (Wildman–Crippen LogP) is 2.76. The second-order valence-corrected chi connectivity index (χ2v) is 5.87. The first-order valence-corrected chi connectivity index (χ1v) is 7.24. The maximum atomic E-state index is 9.72. The van der Waals surface area contributed by atoms with Crippen LogP contribution in [0.15, 0.2) is 18.2 Å². The zero-order valence-electron chi connectivity index (χ0n) is 11.5. The van der Waals surface area contributed by atoms with Gasteiger partial charge in [-0.1, -0.05) is 37.3 Å². The van der Waals surface area contributed by atoms with Gasteiger partial charge in [0.1, 0.15) is 15.8 Å². The van der Waals surface area contributed by atoms with E-state index in [0.29, 0.717) is 11.8 Å². The van der Waals surface area contributed by atoms with Crippen LogP contribution in [0.1, 0.15) is 24.4 Å². The molecule has 0 bridgehead atoms. The smallest absolute Gasteiger partial charge is 0.148 e. The summed E-state index contributed by atoms with van der Waals surface area (Å²) in [5.41, 5.74) is 1.81. The summed E-state index contributed by atoms with van der Waals surface area (Å²) in [6.45, 7) is 7.06. The molecule has 0 atom stereocenters. The number of phenolic OH excluding ortho intramolecular Hbond substituents is 1. The molecule has 0 saturated carbocycles. The minimum atomic E-state index is 0.302. The number of hydrogen-bond donors (Lipinski definition) is 2. The highest BCUT2D eigenvalue weighted by Gasteiger charge is 2.11. The fraction of sp³-hybridized carbons (Fsp3) is 0.429. The number of nitrogens with one attached hydrogen (secondary N) is 1. The van der Waals surface area contributed by atoms with Crippen molar-refractivity contribution in [2.75, 3.05) is 6.54 Å². The average Bonchev–Trinajstić information content (AvgIpc) is 2.81. The summed E-state index contributed by atoms with van der Waals surface area (Å²) in [5.74, 6) is 0.302. The molecule has 4 nitrogen and oxygen atoms in total. The van der Waals surface area contributed by atoms with E-state index in [1.165, 1.54) is 0 Å². The highest BCUT2D eigenvalue weighted by Crippen LogP contribution is 2.31. The molecule has 0 radical (unpaired) electrons. The van der Waals surface area contributed by atoms with Gasteiger partial charge in [0.25, 0.3) is 0 Å². The molecule has 0 aliphatic carbocycles. The van der Waals surface area contributed by atoms with Crippen LogP contribution in [0.4, 0.5) is 0 Å². The molecule has 1 aromatic carbocycles. The Balaban J connectivity index is 2.10. The Kier molecular flexibility index (Phi) is 4.50. The van der Waals surface area contributed by atoms with Gasteiger partial charge in [0.2, 0.25) is 0 Å². The zero-order valence-corrected chi connectivity index (χ0v) is 12.3. The summed E-state index contributed by atoms with van der Waals surface area (Å²) in [7, 11) is 0. The van der Waals surface area contributed by atoms with Crippen molar-refractivity contribution >= 4 is 11.3 Å². The summed E-state index contributed by atoms with van der Waals surface area (Å²) in [4.78, 5) is 0. The van der Waals surface area contributed by atoms with E-state index in [1.807, 2.05) is 19.1 Å². The van der Waals surface area contributed by atoms with Gasteiger partial charge in [0.15, 0.2) is 0 Å². The molecule has 2 N–H and O–H groups in total. The van der Waals surface area contributed by atoms with Crippen LogP contribution in [0, 0.1) is 6.92 Å². The minimum Gasteiger partial charge on any atom is -0.508 e. The standard InChI is InChI=1S/C14H19N3OS/c1-9(2)15-8-7-13-16-17-14(19-13)11-5-4-6-12(18)10(11)3/h4-6,9,15,18H,7-8H2,1-3H3. The maximum absolute atomic E-state index is 9.72. The van der Waals surface area contributed by atoms with Crippen molar-refractivity contribution in [1.82, 2.24) is 15.5 Å². The number of benzene rings is 1. The van der Waals surface area contributed by atoms with Gasteiger partial charge in [-0.2, -0.15) is 0 Å². The van der Waals surface area contributed by atoms with E-state index in [0.717, 1.165) is 34.1 Å².